The van der Waals surface area contributed by atoms with E-state index in [2.05, 4.69) is 184 Å². The molecule has 0 amide bonds. The Morgan fingerprint density at radius 3 is 1.30 bits per heavy atom. The maximum Gasteiger partial charge on any atom is 0.0468 e. The fraction of sp³-hybridized carbons (Fsp3) is 0.0870. The predicted octanol–water partition coefficient (Wildman–Crippen LogP) is 13.2. The molecule has 0 spiro atoms. The molecular weight excluding hydrogens is 567 g/mol. The van der Waals surface area contributed by atoms with Gasteiger partial charge in [0.15, 0.2) is 0 Å². The Bertz CT molecular complexity index is 2390. The van der Waals surface area contributed by atoms with E-state index in [-0.39, 0.29) is 0 Å². The van der Waals surface area contributed by atoms with E-state index in [9.17, 15) is 0 Å². The quantitative estimate of drug-likeness (QED) is 0.177. The van der Waals surface area contributed by atoms with Gasteiger partial charge in [-0.2, -0.15) is 0 Å². The van der Waals surface area contributed by atoms with Gasteiger partial charge in [-0.15, -0.1) is 0 Å². The summed E-state index contributed by atoms with van der Waals surface area (Å²) >= 11 is 0. The first-order valence-electron chi connectivity index (χ1n) is 16.4. The van der Waals surface area contributed by atoms with Crippen LogP contribution in [0.1, 0.15) is 22.3 Å². The average molecular weight is 604 g/mol. The lowest BCUT2D eigenvalue weighted by atomic mass is 9.87. The molecule has 8 rings (SSSR count). The zero-order valence-electron chi connectivity index (χ0n) is 27.4. The van der Waals surface area contributed by atoms with E-state index in [1.807, 2.05) is 0 Å². The second-order valence-electron chi connectivity index (χ2n) is 13.0. The predicted molar refractivity (Wildman–Crippen MR) is 203 cm³/mol. The second kappa shape index (κ2) is 11.6. The van der Waals surface area contributed by atoms with Crippen LogP contribution in [0.2, 0.25) is 0 Å². The van der Waals surface area contributed by atoms with Crippen molar-refractivity contribution in [2.75, 3.05) is 4.90 Å². The van der Waals surface area contributed by atoms with E-state index >= 15 is 0 Å². The van der Waals surface area contributed by atoms with Gasteiger partial charge in [0.05, 0.1) is 0 Å². The lowest BCUT2D eigenvalue weighted by Crippen LogP contribution is -2.10. The number of hydrogen-bond acceptors (Lipinski definition) is 1. The first-order valence-corrected chi connectivity index (χ1v) is 16.4. The van der Waals surface area contributed by atoms with Crippen LogP contribution in [0.25, 0.3) is 54.6 Å². The van der Waals surface area contributed by atoms with Crippen molar-refractivity contribution in [2.45, 2.75) is 27.7 Å². The smallest absolute Gasteiger partial charge is 0.0468 e. The van der Waals surface area contributed by atoms with E-state index < -0.39 is 0 Å². The summed E-state index contributed by atoms with van der Waals surface area (Å²) in [6, 6.07) is 56.2. The first kappa shape index (κ1) is 28.8. The summed E-state index contributed by atoms with van der Waals surface area (Å²) in [5, 5.41) is 7.62. The third-order valence-corrected chi connectivity index (χ3v) is 9.46. The van der Waals surface area contributed by atoms with Crippen LogP contribution in [-0.4, -0.2) is 0 Å². The van der Waals surface area contributed by atoms with Gasteiger partial charge < -0.3 is 4.90 Å². The Morgan fingerprint density at radius 1 is 0.298 bits per heavy atom. The van der Waals surface area contributed by atoms with Crippen molar-refractivity contribution >= 4 is 49.4 Å². The monoisotopic (exact) mass is 603 g/mol. The molecule has 0 N–H and O–H groups in total. The molecule has 1 heteroatoms. The largest absolute Gasteiger partial charge is 0.310 e. The molecule has 0 saturated carbocycles. The van der Waals surface area contributed by atoms with E-state index in [4.69, 9.17) is 0 Å². The van der Waals surface area contributed by atoms with Gasteiger partial charge in [-0.1, -0.05) is 125 Å². The molecule has 0 bridgehead atoms. The number of aryl methyl sites for hydroxylation is 4. The van der Waals surface area contributed by atoms with E-state index in [1.165, 1.54) is 76.8 Å². The summed E-state index contributed by atoms with van der Waals surface area (Å²) in [5.41, 5.74) is 13.5. The van der Waals surface area contributed by atoms with Gasteiger partial charge in [-0.3, -0.25) is 0 Å². The number of hydrogen-bond donors (Lipinski definition) is 0. The topological polar surface area (TPSA) is 3.24 Å². The van der Waals surface area contributed by atoms with Crippen molar-refractivity contribution < 1.29 is 0 Å². The number of fused-ring (bicyclic) bond motifs is 5. The van der Waals surface area contributed by atoms with Crippen molar-refractivity contribution in [3.05, 3.63) is 174 Å². The second-order valence-corrected chi connectivity index (χ2v) is 13.0. The maximum absolute atomic E-state index is 2.43. The first-order chi connectivity index (χ1) is 22.9. The molecule has 226 valence electrons. The average Bonchev–Trinajstić information content (AvgIpc) is 3.09. The standard InChI is InChI=1S/C46H37N/c1-30-15-19-36(20-16-30)47(37-21-17-31(2)18-22-37)38-23-24-41-44(27-38)43(35-12-8-10-33(4)26-35)29-45-40-14-6-5-13-39(40)42(28-46(41)45)34-11-7-9-32(3)25-34/h5-29H,1-4H3. The molecule has 0 heterocycles. The molecule has 8 aromatic rings. The third-order valence-electron chi connectivity index (χ3n) is 9.46. The Labute approximate surface area is 277 Å². The Kier molecular flexibility index (Phi) is 7.11. The molecule has 47 heavy (non-hydrogen) atoms. The van der Waals surface area contributed by atoms with Crippen LogP contribution < -0.4 is 4.90 Å². The molecule has 8 aromatic carbocycles. The van der Waals surface area contributed by atoms with Gasteiger partial charge >= 0.3 is 0 Å². The van der Waals surface area contributed by atoms with Gasteiger partial charge in [0.1, 0.15) is 0 Å². The lowest BCUT2D eigenvalue weighted by molar-refractivity contribution is 1.27. The minimum Gasteiger partial charge on any atom is -0.310 e. The zero-order chi connectivity index (χ0) is 32.1. The van der Waals surface area contributed by atoms with Gasteiger partial charge in [0.25, 0.3) is 0 Å². The summed E-state index contributed by atoms with van der Waals surface area (Å²) < 4.78 is 0. The van der Waals surface area contributed by atoms with Crippen LogP contribution in [0.15, 0.2) is 152 Å². The molecule has 1 nitrogen and oxygen atoms in total. The highest BCUT2D eigenvalue weighted by Gasteiger charge is 2.18. The minimum atomic E-state index is 1.14. The van der Waals surface area contributed by atoms with Crippen molar-refractivity contribution in [1.29, 1.82) is 0 Å². The summed E-state index contributed by atoms with van der Waals surface area (Å²) in [5.74, 6) is 0. The van der Waals surface area contributed by atoms with Crippen LogP contribution in [0.5, 0.6) is 0 Å². The molecule has 0 aliphatic heterocycles. The van der Waals surface area contributed by atoms with Gasteiger partial charge in [0.2, 0.25) is 0 Å². The molecular formula is C46H37N. The number of anilines is 3. The van der Waals surface area contributed by atoms with Crippen LogP contribution in [0, 0.1) is 27.7 Å². The van der Waals surface area contributed by atoms with E-state index in [1.54, 1.807) is 0 Å². The van der Waals surface area contributed by atoms with Crippen LogP contribution in [0.4, 0.5) is 17.1 Å². The number of benzene rings is 8. The molecule has 0 aliphatic rings. The highest BCUT2D eigenvalue weighted by atomic mass is 15.1. The lowest BCUT2D eigenvalue weighted by Gasteiger charge is -2.27. The Morgan fingerprint density at radius 2 is 0.766 bits per heavy atom. The van der Waals surface area contributed by atoms with Gasteiger partial charge in [0, 0.05) is 17.1 Å². The van der Waals surface area contributed by atoms with Crippen molar-refractivity contribution in [2.24, 2.45) is 0 Å². The normalized spacial score (nSPS) is 11.4. The van der Waals surface area contributed by atoms with Crippen LogP contribution in [0.3, 0.4) is 0 Å². The molecule has 0 aromatic heterocycles. The molecule has 0 unspecified atom stereocenters. The third kappa shape index (κ3) is 5.24. The molecule has 0 atom stereocenters. The minimum absolute atomic E-state index is 1.14. The molecule has 0 aliphatic carbocycles. The highest BCUT2D eigenvalue weighted by Crippen LogP contribution is 2.44. The van der Waals surface area contributed by atoms with Gasteiger partial charge in [-0.25, -0.2) is 0 Å². The Balaban J connectivity index is 1.46. The van der Waals surface area contributed by atoms with E-state index in [0.29, 0.717) is 0 Å². The fourth-order valence-corrected chi connectivity index (χ4v) is 7.06. The van der Waals surface area contributed by atoms with Crippen molar-refractivity contribution in [3.8, 4) is 22.3 Å². The van der Waals surface area contributed by atoms with Crippen molar-refractivity contribution in [1.82, 2.24) is 0 Å². The summed E-state index contributed by atoms with van der Waals surface area (Å²) in [6.45, 7) is 8.64. The fourth-order valence-electron chi connectivity index (χ4n) is 7.06. The summed E-state index contributed by atoms with van der Waals surface area (Å²) in [6.07, 6.45) is 0. The van der Waals surface area contributed by atoms with Crippen LogP contribution in [-0.2, 0) is 0 Å². The molecule has 0 radical (unpaired) electrons. The molecule has 0 saturated heterocycles. The summed E-state index contributed by atoms with van der Waals surface area (Å²) in [4.78, 5) is 2.38. The van der Waals surface area contributed by atoms with E-state index in [0.717, 1.165) is 17.1 Å². The SMILES string of the molecule is Cc1ccc(N(c2ccc(C)cc2)c2ccc3c(c2)c(-c2cccc(C)c2)cc2c4ccccc4c(-c4cccc(C)c4)cc32)cc1. The highest BCUT2D eigenvalue weighted by molar-refractivity contribution is 6.24. The Hall–Kier alpha value is -5.66. The number of nitrogens with zero attached hydrogens (tertiary/aromatic N) is 1. The van der Waals surface area contributed by atoms with Gasteiger partial charge in [-0.05, 0) is 131 Å². The van der Waals surface area contributed by atoms with Crippen LogP contribution >= 0.6 is 0 Å². The maximum atomic E-state index is 2.43. The summed E-state index contributed by atoms with van der Waals surface area (Å²) in [7, 11) is 0. The van der Waals surface area contributed by atoms with Crippen molar-refractivity contribution in [3.63, 3.8) is 0 Å². The molecule has 0 fully saturated rings. The zero-order valence-corrected chi connectivity index (χ0v) is 27.4. The number of rotatable bonds is 5.